The summed E-state index contributed by atoms with van der Waals surface area (Å²) in [6, 6.07) is 8.05. The minimum absolute atomic E-state index is 0.246. The molecule has 0 amide bonds. The van der Waals surface area contributed by atoms with E-state index in [1.807, 2.05) is 24.3 Å². The smallest absolute Gasteiger partial charge is 0.133 e. The second-order valence-corrected chi connectivity index (χ2v) is 4.20. The molecule has 1 unspecified atom stereocenters. The molecule has 13 heavy (non-hydrogen) atoms. The van der Waals surface area contributed by atoms with Gasteiger partial charge in [0.15, 0.2) is 0 Å². The Balaban J connectivity index is 2.04. The monoisotopic (exact) mass is 290 g/mol. The molecule has 0 N–H and O–H groups in total. The highest BCUT2D eigenvalue weighted by Crippen LogP contribution is 2.22. The Labute approximate surface area is 91.4 Å². The SMILES string of the molecule is Ic1ccccc1OC1CCOC1. The normalized spacial score (nSPS) is 21.8. The quantitative estimate of drug-likeness (QED) is 0.779. The maximum atomic E-state index is 5.77. The van der Waals surface area contributed by atoms with Gasteiger partial charge in [-0.25, -0.2) is 0 Å². The lowest BCUT2D eigenvalue weighted by molar-refractivity contribution is 0.141. The molecule has 0 bridgehead atoms. The van der Waals surface area contributed by atoms with E-state index in [0.717, 1.165) is 29.0 Å². The van der Waals surface area contributed by atoms with Gasteiger partial charge in [0.25, 0.3) is 0 Å². The predicted molar refractivity (Wildman–Crippen MR) is 59.0 cm³/mol. The van der Waals surface area contributed by atoms with Crippen molar-refractivity contribution in [2.45, 2.75) is 12.5 Å². The average molecular weight is 290 g/mol. The Morgan fingerprint density at radius 1 is 1.38 bits per heavy atom. The van der Waals surface area contributed by atoms with Crippen LogP contribution in [0.3, 0.4) is 0 Å². The molecule has 0 spiro atoms. The van der Waals surface area contributed by atoms with E-state index in [-0.39, 0.29) is 6.10 Å². The maximum absolute atomic E-state index is 5.77. The predicted octanol–water partition coefficient (Wildman–Crippen LogP) is 2.46. The molecule has 1 heterocycles. The van der Waals surface area contributed by atoms with E-state index in [1.165, 1.54) is 0 Å². The van der Waals surface area contributed by atoms with Crippen LogP contribution in [0.25, 0.3) is 0 Å². The molecular weight excluding hydrogens is 279 g/mol. The van der Waals surface area contributed by atoms with E-state index in [0.29, 0.717) is 0 Å². The summed E-state index contributed by atoms with van der Waals surface area (Å²) in [5, 5.41) is 0. The first-order valence-corrected chi connectivity index (χ1v) is 5.43. The Kier molecular flexibility index (Phi) is 3.05. The molecule has 3 heteroatoms. The first-order valence-electron chi connectivity index (χ1n) is 4.35. The van der Waals surface area contributed by atoms with Gasteiger partial charge in [0.2, 0.25) is 0 Å². The number of rotatable bonds is 2. The standard InChI is InChI=1S/C10H11IO2/c11-9-3-1-2-4-10(9)13-8-5-6-12-7-8/h1-4,8H,5-7H2. The van der Waals surface area contributed by atoms with Gasteiger partial charge >= 0.3 is 0 Å². The van der Waals surface area contributed by atoms with Gasteiger partial charge in [0, 0.05) is 6.42 Å². The lowest BCUT2D eigenvalue weighted by Gasteiger charge is -2.12. The first kappa shape index (κ1) is 9.27. The van der Waals surface area contributed by atoms with Crippen molar-refractivity contribution >= 4 is 22.6 Å². The molecule has 70 valence electrons. The van der Waals surface area contributed by atoms with E-state index in [1.54, 1.807) is 0 Å². The molecule has 0 aliphatic carbocycles. The van der Waals surface area contributed by atoms with Crippen LogP contribution in [0.2, 0.25) is 0 Å². The van der Waals surface area contributed by atoms with Crippen molar-refractivity contribution < 1.29 is 9.47 Å². The molecule has 0 aromatic heterocycles. The Bertz CT molecular complexity index is 282. The Morgan fingerprint density at radius 3 is 2.92 bits per heavy atom. The fourth-order valence-corrected chi connectivity index (χ4v) is 1.84. The molecule has 1 aliphatic heterocycles. The zero-order valence-corrected chi connectivity index (χ0v) is 9.36. The van der Waals surface area contributed by atoms with Crippen LogP contribution in [0.4, 0.5) is 0 Å². The van der Waals surface area contributed by atoms with Crippen molar-refractivity contribution in [1.82, 2.24) is 0 Å². The fourth-order valence-electron chi connectivity index (χ4n) is 1.33. The number of halogens is 1. The van der Waals surface area contributed by atoms with Crippen molar-refractivity contribution in [3.8, 4) is 5.75 Å². The second kappa shape index (κ2) is 4.28. The van der Waals surface area contributed by atoms with Gasteiger partial charge in [0.05, 0.1) is 16.8 Å². The number of para-hydroxylation sites is 1. The van der Waals surface area contributed by atoms with E-state index in [4.69, 9.17) is 9.47 Å². The van der Waals surface area contributed by atoms with Crippen LogP contribution in [0.1, 0.15) is 6.42 Å². The molecular formula is C10H11IO2. The van der Waals surface area contributed by atoms with Crippen LogP contribution in [0, 0.1) is 3.57 Å². The van der Waals surface area contributed by atoms with E-state index < -0.39 is 0 Å². The number of ether oxygens (including phenoxy) is 2. The number of hydrogen-bond donors (Lipinski definition) is 0. The van der Waals surface area contributed by atoms with Crippen LogP contribution >= 0.6 is 22.6 Å². The maximum Gasteiger partial charge on any atom is 0.133 e. The van der Waals surface area contributed by atoms with Gasteiger partial charge in [0.1, 0.15) is 11.9 Å². The molecule has 1 fully saturated rings. The lowest BCUT2D eigenvalue weighted by Crippen LogP contribution is -2.16. The highest BCUT2D eigenvalue weighted by molar-refractivity contribution is 14.1. The molecule has 1 aromatic carbocycles. The largest absolute Gasteiger partial charge is 0.487 e. The highest BCUT2D eigenvalue weighted by atomic mass is 127. The van der Waals surface area contributed by atoms with Gasteiger partial charge in [-0.15, -0.1) is 0 Å². The summed E-state index contributed by atoms with van der Waals surface area (Å²) in [6.07, 6.45) is 1.25. The van der Waals surface area contributed by atoms with Crippen LogP contribution in [0.15, 0.2) is 24.3 Å². The molecule has 0 saturated carbocycles. The summed E-state index contributed by atoms with van der Waals surface area (Å²) in [5.41, 5.74) is 0. The molecule has 2 nitrogen and oxygen atoms in total. The third kappa shape index (κ3) is 2.34. The van der Waals surface area contributed by atoms with Crippen LogP contribution in [-0.4, -0.2) is 19.3 Å². The molecule has 1 atom stereocenters. The van der Waals surface area contributed by atoms with Crippen LogP contribution < -0.4 is 4.74 Å². The van der Waals surface area contributed by atoms with Gasteiger partial charge < -0.3 is 9.47 Å². The van der Waals surface area contributed by atoms with Crippen molar-refractivity contribution in [1.29, 1.82) is 0 Å². The number of hydrogen-bond acceptors (Lipinski definition) is 2. The third-order valence-electron chi connectivity index (χ3n) is 2.02. The zero-order valence-electron chi connectivity index (χ0n) is 7.20. The number of benzene rings is 1. The summed E-state index contributed by atoms with van der Waals surface area (Å²) in [4.78, 5) is 0. The van der Waals surface area contributed by atoms with E-state index in [9.17, 15) is 0 Å². The minimum atomic E-state index is 0.246. The van der Waals surface area contributed by atoms with Gasteiger partial charge in [-0.05, 0) is 34.7 Å². The average Bonchev–Trinajstić information content (AvgIpc) is 2.61. The Hall–Kier alpha value is -0.290. The Morgan fingerprint density at radius 2 is 2.23 bits per heavy atom. The molecule has 2 rings (SSSR count). The van der Waals surface area contributed by atoms with Crippen molar-refractivity contribution in [3.63, 3.8) is 0 Å². The van der Waals surface area contributed by atoms with Gasteiger partial charge in [-0.3, -0.25) is 0 Å². The van der Waals surface area contributed by atoms with Crippen LogP contribution in [0.5, 0.6) is 5.75 Å². The lowest BCUT2D eigenvalue weighted by atomic mass is 10.3. The molecule has 1 aromatic rings. The van der Waals surface area contributed by atoms with Gasteiger partial charge in [-0.2, -0.15) is 0 Å². The minimum Gasteiger partial charge on any atom is -0.487 e. The van der Waals surface area contributed by atoms with Crippen molar-refractivity contribution in [2.75, 3.05) is 13.2 Å². The topological polar surface area (TPSA) is 18.5 Å². The van der Waals surface area contributed by atoms with E-state index in [2.05, 4.69) is 22.6 Å². The molecule has 1 saturated heterocycles. The van der Waals surface area contributed by atoms with Crippen molar-refractivity contribution in [2.24, 2.45) is 0 Å². The van der Waals surface area contributed by atoms with Crippen molar-refractivity contribution in [3.05, 3.63) is 27.8 Å². The first-order chi connectivity index (χ1) is 6.36. The fraction of sp³-hybridized carbons (Fsp3) is 0.400. The van der Waals surface area contributed by atoms with Gasteiger partial charge in [-0.1, -0.05) is 12.1 Å². The molecule has 0 radical (unpaired) electrons. The third-order valence-corrected chi connectivity index (χ3v) is 2.91. The summed E-state index contributed by atoms with van der Waals surface area (Å²) in [6.45, 7) is 1.55. The van der Waals surface area contributed by atoms with Crippen LogP contribution in [-0.2, 0) is 4.74 Å². The summed E-state index contributed by atoms with van der Waals surface area (Å²) >= 11 is 2.28. The van der Waals surface area contributed by atoms with E-state index >= 15 is 0 Å². The zero-order chi connectivity index (χ0) is 9.10. The second-order valence-electron chi connectivity index (χ2n) is 3.03. The summed E-state index contributed by atoms with van der Waals surface area (Å²) < 4.78 is 12.2. The summed E-state index contributed by atoms with van der Waals surface area (Å²) in [5.74, 6) is 0.971. The summed E-state index contributed by atoms with van der Waals surface area (Å²) in [7, 11) is 0. The molecule has 1 aliphatic rings. The highest BCUT2D eigenvalue weighted by Gasteiger charge is 2.17.